The van der Waals surface area contributed by atoms with E-state index in [1.54, 1.807) is 18.7 Å². The monoisotopic (exact) mass is 397 g/mol. The molecule has 0 atom stereocenters. The fourth-order valence-electron chi connectivity index (χ4n) is 1.90. The smallest absolute Gasteiger partial charge is 0.234 e. The Kier molecular flexibility index (Phi) is 5.68. The molecule has 0 unspecified atom stereocenters. The van der Waals surface area contributed by atoms with Crippen LogP contribution >= 0.6 is 22.7 Å². The molecule has 0 aliphatic carbocycles. The van der Waals surface area contributed by atoms with Gasteiger partial charge in [0.05, 0.1) is 18.0 Å². The van der Waals surface area contributed by atoms with E-state index in [1.165, 1.54) is 11.3 Å². The number of ether oxygens (including phenoxy) is 1. The van der Waals surface area contributed by atoms with Crippen LogP contribution in [0.4, 0.5) is 5.13 Å². The average molecular weight is 398 g/mol. The minimum absolute atomic E-state index is 0.0280. The summed E-state index contributed by atoms with van der Waals surface area (Å²) in [6, 6.07) is 5.51. The maximum Gasteiger partial charge on any atom is 0.234 e. The Bertz CT molecular complexity index is 924. The summed E-state index contributed by atoms with van der Waals surface area (Å²) in [5.74, 6) is -0.219. The summed E-state index contributed by atoms with van der Waals surface area (Å²) in [4.78, 5) is 8.58. The van der Waals surface area contributed by atoms with Crippen molar-refractivity contribution in [3.63, 3.8) is 0 Å². The Morgan fingerprint density at radius 3 is 2.92 bits per heavy atom. The first-order valence-electron chi connectivity index (χ1n) is 7.23. The molecule has 11 heteroatoms. The molecule has 1 N–H and O–H groups in total. The molecule has 25 heavy (non-hydrogen) atoms. The van der Waals surface area contributed by atoms with Crippen LogP contribution < -0.4 is 5.32 Å². The number of nitrogens with one attached hydrogen (secondary N) is 1. The standard InChI is InChI=1S/C14H15N5O3S3/c1-22-7-6-16-13-18-19-14(24-13)25(20,21)9-10-8-23-12(17-10)11-4-2-3-5-15-11/h2-5,8H,6-7,9H2,1H3,(H,16,18). The minimum Gasteiger partial charge on any atom is -0.383 e. The Hall–Kier alpha value is -1.95. The van der Waals surface area contributed by atoms with E-state index in [-0.39, 0.29) is 10.1 Å². The van der Waals surface area contributed by atoms with Crippen molar-refractivity contribution in [3.05, 3.63) is 35.5 Å². The van der Waals surface area contributed by atoms with Crippen LogP contribution in [0.2, 0.25) is 0 Å². The van der Waals surface area contributed by atoms with E-state index in [0.29, 0.717) is 29.0 Å². The molecule has 0 saturated heterocycles. The number of anilines is 1. The Labute approximate surface area is 152 Å². The molecule has 0 fully saturated rings. The average Bonchev–Trinajstić information content (AvgIpc) is 3.26. The van der Waals surface area contributed by atoms with Gasteiger partial charge >= 0.3 is 0 Å². The molecule has 0 aliphatic rings. The zero-order valence-corrected chi connectivity index (χ0v) is 15.7. The summed E-state index contributed by atoms with van der Waals surface area (Å²) in [6.07, 6.45) is 1.67. The Balaban J connectivity index is 1.71. The van der Waals surface area contributed by atoms with Crippen molar-refractivity contribution in [1.82, 2.24) is 20.2 Å². The first-order chi connectivity index (χ1) is 12.1. The van der Waals surface area contributed by atoms with Crippen LogP contribution in [0.25, 0.3) is 10.7 Å². The maximum absolute atomic E-state index is 12.5. The third-order valence-corrected chi connectivity index (χ3v) is 6.92. The molecule has 3 aromatic rings. The van der Waals surface area contributed by atoms with E-state index in [2.05, 4.69) is 25.5 Å². The first-order valence-corrected chi connectivity index (χ1v) is 10.6. The van der Waals surface area contributed by atoms with E-state index in [1.807, 2.05) is 18.2 Å². The quantitative estimate of drug-likeness (QED) is 0.576. The van der Waals surface area contributed by atoms with Crippen molar-refractivity contribution in [1.29, 1.82) is 0 Å². The summed E-state index contributed by atoms with van der Waals surface area (Å²) < 4.78 is 29.9. The predicted octanol–water partition coefficient (Wildman–Crippen LogP) is 2.09. The lowest BCUT2D eigenvalue weighted by Crippen LogP contribution is -2.06. The second-order valence-corrected chi connectivity index (χ2v) is 8.91. The molecule has 0 saturated carbocycles. The summed E-state index contributed by atoms with van der Waals surface area (Å²) >= 11 is 2.36. The number of nitrogens with zero attached hydrogens (tertiary/aromatic N) is 4. The molecule has 132 valence electrons. The molecule has 0 aromatic carbocycles. The topological polar surface area (TPSA) is 107 Å². The highest BCUT2D eigenvalue weighted by Crippen LogP contribution is 2.26. The number of hydrogen-bond acceptors (Lipinski definition) is 10. The van der Waals surface area contributed by atoms with E-state index >= 15 is 0 Å². The maximum atomic E-state index is 12.5. The molecule has 0 bridgehead atoms. The van der Waals surface area contributed by atoms with E-state index in [9.17, 15) is 8.42 Å². The van der Waals surface area contributed by atoms with Crippen LogP contribution in [-0.4, -0.2) is 48.8 Å². The first kappa shape index (κ1) is 17.9. The molecule has 3 rings (SSSR count). The van der Waals surface area contributed by atoms with Gasteiger partial charge in [-0.05, 0) is 12.1 Å². The summed E-state index contributed by atoms with van der Waals surface area (Å²) in [6.45, 7) is 1.03. The predicted molar refractivity (Wildman–Crippen MR) is 96.5 cm³/mol. The van der Waals surface area contributed by atoms with Gasteiger partial charge in [-0.15, -0.1) is 21.5 Å². The van der Waals surface area contributed by atoms with Crippen molar-refractivity contribution in [2.24, 2.45) is 0 Å². The minimum atomic E-state index is -3.59. The van der Waals surface area contributed by atoms with Crippen molar-refractivity contribution in [2.45, 2.75) is 10.1 Å². The Morgan fingerprint density at radius 2 is 2.16 bits per heavy atom. The van der Waals surface area contributed by atoms with Crippen LogP contribution in [0.15, 0.2) is 34.1 Å². The van der Waals surface area contributed by atoms with E-state index in [4.69, 9.17) is 4.74 Å². The van der Waals surface area contributed by atoms with Crippen LogP contribution in [0.1, 0.15) is 5.69 Å². The SMILES string of the molecule is COCCNc1nnc(S(=O)(=O)Cc2csc(-c3ccccn3)n2)s1. The van der Waals surface area contributed by atoms with Crippen LogP contribution in [0.5, 0.6) is 0 Å². The lowest BCUT2D eigenvalue weighted by Gasteiger charge is -1.99. The highest BCUT2D eigenvalue weighted by atomic mass is 32.2. The molecule has 0 amide bonds. The number of hydrogen-bond donors (Lipinski definition) is 1. The zero-order chi connectivity index (χ0) is 17.7. The third-order valence-electron chi connectivity index (χ3n) is 3.03. The Morgan fingerprint density at radius 1 is 1.28 bits per heavy atom. The fraction of sp³-hybridized carbons (Fsp3) is 0.286. The molecule has 8 nitrogen and oxygen atoms in total. The number of pyridine rings is 1. The molecule has 0 spiro atoms. The number of aromatic nitrogens is 4. The van der Waals surface area contributed by atoms with Gasteiger partial charge in [-0.3, -0.25) is 4.98 Å². The highest BCUT2D eigenvalue weighted by molar-refractivity contribution is 7.92. The van der Waals surface area contributed by atoms with Gasteiger partial charge in [0.2, 0.25) is 19.3 Å². The summed E-state index contributed by atoms with van der Waals surface area (Å²) in [7, 11) is -2.01. The molecule has 0 aliphatic heterocycles. The summed E-state index contributed by atoms with van der Waals surface area (Å²) in [5.41, 5.74) is 1.19. The van der Waals surface area contributed by atoms with Gasteiger partial charge in [0.25, 0.3) is 0 Å². The zero-order valence-electron chi connectivity index (χ0n) is 13.2. The van der Waals surface area contributed by atoms with Gasteiger partial charge < -0.3 is 10.1 Å². The van der Waals surface area contributed by atoms with Gasteiger partial charge in [0.1, 0.15) is 10.8 Å². The molecule has 0 radical (unpaired) electrons. The molecule has 3 heterocycles. The van der Waals surface area contributed by atoms with Crippen LogP contribution in [-0.2, 0) is 20.3 Å². The second-order valence-electron chi connectivity index (χ2n) is 4.91. The lowest BCUT2D eigenvalue weighted by atomic mass is 10.4. The number of sulfone groups is 1. The van der Waals surface area contributed by atoms with Gasteiger partial charge in [0.15, 0.2) is 0 Å². The van der Waals surface area contributed by atoms with Crippen molar-refractivity contribution in [2.75, 3.05) is 25.6 Å². The van der Waals surface area contributed by atoms with E-state index < -0.39 is 9.84 Å². The highest BCUT2D eigenvalue weighted by Gasteiger charge is 2.22. The number of rotatable bonds is 8. The van der Waals surface area contributed by atoms with Crippen LogP contribution in [0, 0.1) is 0 Å². The number of thiazole rings is 1. The summed E-state index contributed by atoms with van der Waals surface area (Å²) in [5, 5.41) is 13.4. The third kappa shape index (κ3) is 4.57. The molecular formula is C14H15N5O3S3. The largest absolute Gasteiger partial charge is 0.383 e. The van der Waals surface area contributed by atoms with Gasteiger partial charge in [-0.1, -0.05) is 17.4 Å². The lowest BCUT2D eigenvalue weighted by molar-refractivity contribution is 0.211. The number of methoxy groups -OCH3 is 1. The van der Waals surface area contributed by atoms with Gasteiger partial charge in [0, 0.05) is 25.2 Å². The van der Waals surface area contributed by atoms with Crippen molar-refractivity contribution in [3.8, 4) is 10.7 Å². The van der Waals surface area contributed by atoms with Gasteiger partial charge in [-0.25, -0.2) is 13.4 Å². The molecular weight excluding hydrogens is 382 g/mol. The van der Waals surface area contributed by atoms with E-state index in [0.717, 1.165) is 17.0 Å². The second kappa shape index (κ2) is 7.95. The van der Waals surface area contributed by atoms with Gasteiger partial charge in [-0.2, -0.15) is 0 Å². The van der Waals surface area contributed by atoms with Crippen molar-refractivity contribution >= 4 is 37.6 Å². The molecule has 3 aromatic heterocycles. The fourth-order valence-corrected chi connectivity index (χ4v) is 5.05. The van der Waals surface area contributed by atoms with Crippen LogP contribution in [0.3, 0.4) is 0 Å². The normalized spacial score (nSPS) is 11.6. The van der Waals surface area contributed by atoms with Crippen molar-refractivity contribution < 1.29 is 13.2 Å².